The Morgan fingerprint density at radius 3 is 2.29 bits per heavy atom. The monoisotopic (exact) mass is 311 g/mol. The largest absolute Gasteiger partial charge is 0.478 e. The van der Waals surface area contributed by atoms with E-state index in [2.05, 4.69) is 0 Å². The molecule has 1 fully saturated rings. The molecule has 1 aromatic carbocycles. The van der Waals surface area contributed by atoms with Crippen molar-refractivity contribution in [1.82, 2.24) is 4.31 Å². The van der Waals surface area contributed by atoms with Gasteiger partial charge in [-0.3, -0.25) is 0 Å². The van der Waals surface area contributed by atoms with Crippen LogP contribution in [0.15, 0.2) is 29.2 Å². The van der Waals surface area contributed by atoms with Gasteiger partial charge in [0.05, 0.1) is 10.5 Å². The SMILES string of the molecule is CN(C1CCCCCC1)S(=O)(=O)c1ccccc1C(=O)O. The Hall–Kier alpha value is -1.40. The Kier molecular flexibility index (Phi) is 5.00. The van der Waals surface area contributed by atoms with Gasteiger partial charge in [0.2, 0.25) is 10.0 Å². The summed E-state index contributed by atoms with van der Waals surface area (Å²) in [5.41, 5.74) is -0.169. The van der Waals surface area contributed by atoms with Gasteiger partial charge in [0.15, 0.2) is 0 Å². The van der Waals surface area contributed by atoms with Crippen molar-refractivity contribution < 1.29 is 18.3 Å². The first-order chi connectivity index (χ1) is 9.94. The highest BCUT2D eigenvalue weighted by molar-refractivity contribution is 7.89. The van der Waals surface area contributed by atoms with Crippen LogP contribution in [0.2, 0.25) is 0 Å². The fraction of sp³-hybridized carbons (Fsp3) is 0.533. The molecular formula is C15H21NO4S. The number of aromatic carboxylic acids is 1. The van der Waals surface area contributed by atoms with E-state index < -0.39 is 16.0 Å². The van der Waals surface area contributed by atoms with Gasteiger partial charge in [-0.05, 0) is 25.0 Å². The molecule has 1 aliphatic carbocycles. The molecule has 0 aromatic heterocycles. The molecule has 1 aliphatic rings. The molecule has 116 valence electrons. The van der Waals surface area contributed by atoms with Crippen LogP contribution in [0.1, 0.15) is 48.9 Å². The summed E-state index contributed by atoms with van der Waals surface area (Å²) in [7, 11) is -2.22. The molecule has 0 amide bonds. The molecule has 1 aromatic rings. The molecule has 0 radical (unpaired) electrons. The van der Waals surface area contributed by atoms with Crippen LogP contribution in [-0.2, 0) is 10.0 Å². The lowest BCUT2D eigenvalue weighted by Crippen LogP contribution is -2.37. The molecule has 1 saturated carbocycles. The van der Waals surface area contributed by atoms with E-state index in [-0.39, 0.29) is 16.5 Å². The van der Waals surface area contributed by atoms with Crippen molar-refractivity contribution in [2.75, 3.05) is 7.05 Å². The minimum absolute atomic E-state index is 0.0423. The summed E-state index contributed by atoms with van der Waals surface area (Å²) in [5, 5.41) is 9.18. The third-order valence-corrected chi connectivity index (χ3v) is 6.08. The number of carbonyl (C=O) groups is 1. The second-order valence-corrected chi connectivity index (χ2v) is 7.43. The van der Waals surface area contributed by atoms with Crippen LogP contribution in [-0.4, -0.2) is 36.9 Å². The molecule has 0 heterocycles. The highest BCUT2D eigenvalue weighted by atomic mass is 32.2. The summed E-state index contributed by atoms with van der Waals surface area (Å²) in [5.74, 6) is -1.22. The van der Waals surface area contributed by atoms with Crippen LogP contribution >= 0.6 is 0 Å². The van der Waals surface area contributed by atoms with Gasteiger partial charge in [-0.15, -0.1) is 0 Å². The third kappa shape index (κ3) is 3.44. The second kappa shape index (κ2) is 6.58. The van der Waals surface area contributed by atoms with Crippen LogP contribution in [0, 0.1) is 0 Å². The van der Waals surface area contributed by atoms with Crippen molar-refractivity contribution in [1.29, 1.82) is 0 Å². The van der Waals surface area contributed by atoms with E-state index in [1.54, 1.807) is 13.1 Å². The summed E-state index contributed by atoms with van der Waals surface area (Å²) in [4.78, 5) is 11.1. The van der Waals surface area contributed by atoms with Gasteiger partial charge < -0.3 is 5.11 Å². The van der Waals surface area contributed by atoms with Gasteiger partial charge in [0.25, 0.3) is 0 Å². The Labute approximate surface area is 125 Å². The normalized spacial score (nSPS) is 17.6. The van der Waals surface area contributed by atoms with E-state index in [4.69, 9.17) is 0 Å². The van der Waals surface area contributed by atoms with Gasteiger partial charge in [-0.2, -0.15) is 4.31 Å². The Bertz CT molecular complexity index is 604. The van der Waals surface area contributed by atoms with Gasteiger partial charge in [0.1, 0.15) is 0 Å². The maximum absolute atomic E-state index is 12.7. The standard InChI is InChI=1S/C15H21NO4S/c1-16(12-8-4-2-3-5-9-12)21(19,20)14-11-7-6-10-13(14)15(17)18/h6-7,10-12H,2-5,8-9H2,1H3,(H,17,18). The van der Waals surface area contributed by atoms with Crippen molar-refractivity contribution in [2.45, 2.75) is 49.5 Å². The molecular weight excluding hydrogens is 290 g/mol. The highest BCUT2D eigenvalue weighted by Crippen LogP contribution is 2.27. The van der Waals surface area contributed by atoms with Crippen LogP contribution in [0.4, 0.5) is 0 Å². The van der Waals surface area contributed by atoms with Gasteiger partial charge >= 0.3 is 5.97 Å². The van der Waals surface area contributed by atoms with Crippen molar-refractivity contribution >= 4 is 16.0 Å². The average molecular weight is 311 g/mol. The van der Waals surface area contributed by atoms with E-state index >= 15 is 0 Å². The Morgan fingerprint density at radius 2 is 1.71 bits per heavy atom. The topological polar surface area (TPSA) is 74.7 Å². The fourth-order valence-corrected chi connectivity index (χ4v) is 4.44. The van der Waals surface area contributed by atoms with E-state index in [9.17, 15) is 18.3 Å². The lowest BCUT2D eigenvalue weighted by atomic mass is 10.1. The summed E-state index contributed by atoms with van der Waals surface area (Å²) < 4.78 is 26.8. The van der Waals surface area contributed by atoms with E-state index in [1.807, 2.05) is 0 Å². The predicted octanol–water partition coefficient (Wildman–Crippen LogP) is 2.73. The van der Waals surface area contributed by atoms with Crippen molar-refractivity contribution in [3.05, 3.63) is 29.8 Å². The van der Waals surface area contributed by atoms with Crippen molar-refractivity contribution in [3.63, 3.8) is 0 Å². The fourth-order valence-electron chi connectivity index (χ4n) is 2.84. The van der Waals surface area contributed by atoms with E-state index in [0.717, 1.165) is 38.5 Å². The molecule has 0 saturated heterocycles. The van der Waals surface area contributed by atoms with Crippen LogP contribution in [0.5, 0.6) is 0 Å². The smallest absolute Gasteiger partial charge is 0.337 e. The highest BCUT2D eigenvalue weighted by Gasteiger charge is 2.31. The molecule has 0 atom stereocenters. The van der Waals surface area contributed by atoms with Crippen molar-refractivity contribution in [3.8, 4) is 0 Å². The van der Waals surface area contributed by atoms with Crippen LogP contribution < -0.4 is 0 Å². The zero-order valence-electron chi connectivity index (χ0n) is 12.2. The minimum atomic E-state index is -3.78. The first-order valence-corrected chi connectivity index (χ1v) is 8.69. The minimum Gasteiger partial charge on any atom is -0.478 e. The first kappa shape index (κ1) is 16.0. The third-order valence-electron chi connectivity index (χ3n) is 4.11. The number of nitrogens with zero attached hydrogens (tertiary/aromatic N) is 1. The Balaban J connectivity index is 2.35. The number of carboxylic acid groups (broad SMARTS) is 1. The number of benzene rings is 1. The molecule has 0 spiro atoms. The number of sulfonamides is 1. The van der Waals surface area contributed by atoms with E-state index in [0.29, 0.717) is 0 Å². The average Bonchev–Trinajstić information content (AvgIpc) is 2.75. The summed E-state index contributed by atoms with van der Waals surface area (Å²) >= 11 is 0. The molecule has 0 aliphatic heterocycles. The number of hydrogen-bond donors (Lipinski definition) is 1. The predicted molar refractivity (Wildman–Crippen MR) is 79.8 cm³/mol. The van der Waals surface area contributed by atoms with Crippen LogP contribution in [0.25, 0.3) is 0 Å². The molecule has 21 heavy (non-hydrogen) atoms. The summed E-state index contributed by atoms with van der Waals surface area (Å²) in [6.07, 6.45) is 5.98. The lowest BCUT2D eigenvalue weighted by Gasteiger charge is -2.27. The molecule has 2 rings (SSSR count). The molecule has 6 heteroatoms. The lowest BCUT2D eigenvalue weighted by molar-refractivity contribution is 0.0692. The second-order valence-electron chi connectivity index (χ2n) is 5.47. The molecule has 0 unspecified atom stereocenters. The number of carboxylic acids is 1. The molecule has 0 bridgehead atoms. The maximum atomic E-state index is 12.7. The summed E-state index contributed by atoms with van der Waals surface area (Å²) in [6.45, 7) is 0. The van der Waals surface area contributed by atoms with E-state index in [1.165, 1.54) is 22.5 Å². The first-order valence-electron chi connectivity index (χ1n) is 7.25. The maximum Gasteiger partial charge on any atom is 0.337 e. The number of rotatable bonds is 4. The van der Waals surface area contributed by atoms with Crippen LogP contribution in [0.3, 0.4) is 0 Å². The quantitative estimate of drug-likeness (QED) is 0.868. The Morgan fingerprint density at radius 1 is 1.14 bits per heavy atom. The zero-order valence-corrected chi connectivity index (χ0v) is 13.0. The van der Waals surface area contributed by atoms with Gasteiger partial charge in [0, 0.05) is 13.1 Å². The zero-order chi connectivity index (χ0) is 15.5. The molecule has 1 N–H and O–H groups in total. The van der Waals surface area contributed by atoms with Gasteiger partial charge in [-0.1, -0.05) is 37.8 Å². The molecule has 5 nitrogen and oxygen atoms in total. The number of hydrogen-bond acceptors (Lipinski definition) is 3. The van der Waals surface area contributed by atoms with Gasteiger partial charge in [-0.25, -0.2) is 13.2 Å². The van der Waals surface area contributed by atoms with Crippen molar-refractivity contribution in [2.24, 2.45) is 0 Å². The summed E-state index contributed by atoms with van der Waals surface area (Å²) in [6, 6.07) is 5.75.